The van der Waals surface area contributed by atoms with Crippen LogP contribution in [0.4, 0.5) is 5.69 Å². The Bertz CT molecular complexity index is 883. The third-order valence-electron chi connectivity index (χ3n) is 5.06. The molecule has 0 radical (unpaired) electrons. The summed E-state index contributed by atoms with van der Waals surface area (Å²) in [6, 6.07) is 10.2. The number of hydrazine groups is 1. The molecule has 1 unspecified atom stereocenters. The van der Waals surface area contributed by atoms with E-state index < -0.39 is 6.04 Å². The number of carbonyl (C=O) groups excluding carboxylic acids is 1. The lowest BCUT2D eigenvalue weighted by Gasteiger charge is -2.37. The molecule has 9 heteroatoms. The number of ether oxygens (including phenoxy) is 2. The van der Waals surface area contributed by atoms with Crippen LogP contribution >= 0.6 is 23.2 Å². The zero-order valence-corrected chi connectivity index (χ0v) is 17.5. The molecule has 2 heterocycles. The van der Waals surface area contributed by atoms with Crippen molar-refractivity contribution in [3.05, 3.63) is 52.0 Å². The maximum atomic E-state index is 13.2. The molecule has 2 N–H and O–H groups in total. The second-order valence-electron chi connectivity index (χ2n) is 7.13. The smallest absolute Gasteiger partial charge is 0.260 e. The van der Waals surface area contributed by atoms with Crippen LogP contribution in [0.1, 0.15) is 11.6 Å². The lowest BCUT2D eigenvalue weighted by Crippen LogP contribution is -2.50. The molecule has 0 saturated carbocycles. The van der Waals surface area contributed by atoms with Gasteiger partial charge in [-0.1, -0.05) is 29.3 Å². The topological polar surface area (TPSA) is 66.1 Å². The lowest BCUT2D eigenvalue weighted by atomic mass is 10.0. The Balaban J connectivity index is 1.55. The number of hydrogen-bond acceptors (Lipinski definition) is 6. The van der Waals surface area contributed by atoms with Crippen LogP contribution in [0.3, 0.4) is 0 Å². The summed E-state index contributed by atoms with van der Waals surface area (Å²) in [6.45, 7) is 3.55. The molecule has 1 atom stereocenters. The van der Waals surface area contributed by atoms with Gasteiger partial charge in [0.1, 0.15) is 6.04 Å². The first-order valence-electron chi connectivity index (χ1n) is 9.34. The number of amides is 1. The number of rotatable bonds is 5. The molecule has 1 amide bonds. The molecule has 0 bridgehead atoms. The van der Waals surface area contributed by atoms with E-state index in [9.17, 15) is 4.79 Å². The number of fused-ring (bicyclic) bond motifs is 1. The van der Waals surface area contributed by atoms with E-state index in [-0.39, 0.29) is 12.7 Å². The van der Waals surface area contributed by atoms with Gasteiger partial charge >= 0.3 is 0 Å². The minimum atomic E-state index is -0.472. The van der Waals surface area contributed by atoms with E-state index in [1.54, 1.807) is 18.2 Å². The van der Waals surface area contributed by atoms with Gasteiger partial charge in [-0.2, -0.15) is 0 Å². The maximum Gasteiger partial charge on any atom is 0.260 e. The molecule has 4 rings (SSSR count). The number of carbonyl (C=O) groups is 1. The van der Waals surface area contributed by atoms with Crippen LogP contribution in [0.2, 0.25) is 10.0 Å². The second kappa shape index (κ2) is 8.67. The minimum Gasteiger partial charge on any atom is -0.454 e. The van der Waals surface area contributed by atoms with Crippen molar-refractivity contribution in [1.82, 2.24) is 15.2 Å². The summed E-state index contributed by atoms with van der Waals surface area (Å²) < 4.78 is 10.9. The van der Waals surface area contributed by atoms with Crippen molar-refractivity contribution in [3.8, 4) is 11.5 Å². The maximum absolute atomic E-state index is 13.2. The first-order valence-corrected chi connectivity index (χ1v) is 10.1. The average Bonchev–Trinajstić information content (AvgIpc) is 3.15. The van der Waals surface area contributed by atoms with Crippen LogP contribution in [0.25, 0.3) is 0 Å². The van der Waals surface area contributed by atoms with E-state index in [1.165, 1.54) is 0 Å². The molecule has 154 valence electrons. The van der Waals surface area contributed by atoms with Crippen molar-refractivity contribution >= 4 is 34.8 Å². The van der Waals surface area contributed by atoms with E-state index in [0.717, 1.165) is 31.7 Å². The molecule has 1 saturated heterocycles. The minimum absolute atomic E-state index is 0.176. The highest BCUT2D eigenvalue weighted by atomic mass is 35.5. The Labute approximate surface area is 179 Å². The fourth-order valence-corrected chi connectivity index (χ4v) is 4.05. The molecule has 0 spiro atoms. The van der Waals surface area contributed by atoms with E-state index in [0.29, 0.717) is 27.2 Å². The Morgan fingerprint density at radius 3 is 2.41 bits per heavy atom. The van der Waals surface area contributed by atoms with Crippen LogP contribution in [0.15, 0.2) is 36.4 Å². The molecule has 2 aliphatic heterocycles. The summed E-state index contributed by atoms with van der Waals surface area (Å²) in [4.78, 5) is 17.6. The molecule has 0 aromatic heterocycles. The number of hydrogen-bond donors (Lipinski definition) is 2. The summed E-state index contributed by atoms with van der Waals surface area (Å²) in [7, 11) is 2.08. The Hall–Kier alpha value is -2.19. The normalized spacial score (nSPS) is 17.8. The molecule has 0 aliphatic carbocycles. The fourth-order valence-electron chi connectivity index (χ4n) is 3.52. The molecule has 2 aromatic rings. The first kappa shape index (κ1) is 20.1. The number of halogens is 2. The fraction of sp³-hybridized carbons (Fsp3) is 0.350. The molecule has 29 heavy (non-hydrogen) atoms. The molecule has 2 aromatic carbocycles. The highest BCUT2D eigenvalue weighted by molar-refractivity contribution is 6.35. The van der Waals surface area contributed by atoms with Gasteiger partial charge in [-0.05, 0) is 42.9 Å². The monoisotopic (exact) mass is 436 g/mol. The summed E-state index contributed by atoms with van der Waals surface area (Å²) in [5, 5.41) is 0.973. The summed E-state index contributed by atoms with van der Waals surface area (Å²) in [6.07, 6.45) is 0. The Kier molecular flexibility index (Phi) is 6.01. The van der Waals surface area contributed by atoms with Crippen molar-refractivity contribution in [2.24, 2.45) is 0 Å². The third kappa shape index (κ3) is 4.70. The number of anilines is 1. The molecule has 2 aliphatic rings. The van der Waals surface area contributed by atoms with Gasteiger partial charge in [0.2, 0.25) is 6.79 Å². The highest BCUT2D eigenvalue weighted by Gasteiger charge is 2.31. The van der Waals surface area contributed by atoms with Crippen molar-refractivity contribution in [2.75, 3.05) is 45.4 Å². The van der Waals surface area contributed by atoms with Gasteiger partial charge in [-0.3, -0.25) is 20.5 Å². The second-order valence-corrected chi connectivity index (χ2v) is 8.00. The predicted molar refractivity (Wildman–Crippen MR) is 113 cm³/mol. The van der Waals surface area contributed by atoms with Crippen molar-refractivity contribution in [3.63, 3.8) is 0 Å². The van der Waals surface area contributed by atoms with E-state index >= 15 is 0 Å². The average molecular weight is 437 g/mol. The standard InChI is InChI=1S/C20H22Cl2N4O3/c1-25-4-6-26(7-5-25)19(13-2-3-17-18(8-13)29-12-28-17)20(27)24-23-16-10-14(21)9-15(22)11-16/h2-3,8-11,19,23H,4-7,12H2,1H3,(H,24,27). The summed E-state index contributed by atoms with van der Waals surface area (Å²) >= 11 is 12.1. The van der Waals surface area contributed by atoms with Crippen LogP contribution in [0.5, 0.6) is 11.5 Å². The molecular weight excluding hydrogens is 415 g/mol. The van der Waals surface area contributed by atoms with Crippen molar-refractivity contribution < 1.29 is 14.3 Å². The number of benzene rings is 2. The largest absolute Gasteiger partial charge is 0.454 e. The molecule has 1 fully saturated rings. The van der Waals surface area contributed by atoms with E-state index in [2.05, 4.69) is 27.7 Å². The van der Waals surface area contributed by atoms with Crippen molar-refractivity contribution in [1.29, 1.82) is 0 Å². The zero-order valence-electron chi connectivity index (χ0n) is 16.0. The quantitative estimate of drug-likeness (QED) is 0.701. The van der Waals surface area contributed by atoms with Gasteiger partial charge in [-0.25, -0.2) is 0 Å². The summed E-state index contributed by atoms with van der Waals surface area (Å²) in [5.74, 6) is 1.17. The number of nitrogens with zero attached hydrogens (tertiary/aromatic N) is 2. The highest BCUT2D eigenvalue weighted by Crippen LogP contribution is 2.36. The van der Waals surface area contributed by atoms with Gasteiger partial charge in [0.15, 0.2) is 11.5 Å². The SMILES string of the molecule is CN1CCN(C(C(=O)NNc2cc(Cl)cc(Cl)c2)c2ccc3c(c2)OCO3)CC1. The van der Waals surface area contributed by atoms with Gasteiger partial charge in [0.25, 0.3) is 5.91 Å². The Morgan fingerprint density at radius 1 is 1.00 bits per heavy atom. The van der Waals surface area contributed by atoms with Gasteiger partial charge < -0.3 is 14.4 Å². The predicted octanol–water partition coefficient (Wildman–Crippen LogP) is 3.15. The lowest BCUT2D eigenvalue weighted by molar-refractivity contribution is -0.126. The number of nitrogens with one attached hydrogen (secondary N) is 2. The van der Waals surface area contributed by atoms with E-state index in [1.807, 2.05) is 18.2 Å². The van der Waals surface area contributed by atoms with Gasteiger partial charge in [0.05, 0.1) is 5.69 Å². The van der Waals surface area contributed by atoms with Gasteiger partial charge in [-0.15, -0.1) is 0 Å². The third-order valence-corrected chi connectivity index (χ3v) is 5.49. The zero-order chi connectivity index (χ0) is 20.4. The van der Waals surface area contributed by atoms with Crippen LogP contribution < -0.4 is 20.3 Å². The first-order chi connectivity index (χ1) is 14.0. The van der Waals surface area contributed by atoms with Crippen LogP contribution in [-0.4, -0.2) is 55.7 Å². The van der Waals surface area contributed by atoms with E-state index in [4.69, 9.17) is 32.7 Å². The van der Waals surface area contributed by atoms with Gasteiger partial charge in [0, 0.05) is 36.2 Å². The number of likely N-dealkylation sites (N-methyl/N-ethyl adjacent to an activating group) is 1. The van der Waals surface area contributed by atoms with Crippen LogP contribution in [0, 0.1) is 0 Å². The summed E-state index contributed by atoms with van der Waals surface area (Å²) in [5.41, 5.74) is 7.17. The molecular formula is C20H22Cl2N4O3. The number of piperazine rings is 1. The van der Waals surface area contributed by atoms with Crippen LogP contribution in [-0.2, 0) is 4.79 Å². The van der Waals surface area contributed by atoms with Crippen molar-refractivity contribution in [2.45, 2.75) is 6.04 Å². The molecule has 7 nitrogen and oxygen atoms in total. The Morgan fingerprint density at radius 2 is 1.69 bits per heavy atom.